The first-order chi connectivity index (χ1) is 41.2. The van der Waals surface area contributed by atoms with Gasteiger partial charge in [0.15, 0.2) is 11.6 Å². The molecule has 7 aliphatic rings. The van der Waals surface area contributed by atoms with Gasteiger partial charge in [0.1, 0.15) is 28.9 Å². The van der Waals surface area contributed by atoms with Crippen molar-refractivity contribution < 1.29 is 73.2 Å². The molecule has 5 bridgehead atoms. The van der Waals surface area contributed by atoms with Gasteiger partial charge < -0.3 is 59.8 Å². The molecule has 0 radical (unpaired) electrons. The number of pyridine rings is 2. The molecule has 468 valence electrons. The summed E-state index contributed by atoms with van der Waals surface area (Å²) in [7, 11) is 3.58. The molecule has 0 unspecified atom stereocenters. The highest BCUT2D eigenvalue weighted by Gasteiger charge is 2.56. The Morgan fingerprint density at radius 2 is 1.59 bits per heavy atom. The van der Waals surface area contributed by atoms with Gasteiger partial charge in [0.2, 0.25) is 0 Å². The molecule has 10 atom stereocenters. The number of fused-ring (bicyclic) bond motifs is 15. The number of carboxylic acids is 1. The number of halogens is 1. The number of hydrogen-bond donors (Lipinski definition) is 7. The van der Waals surface area contributed by atoms with E-state index in [1.54, 1.807) is 39.8 Å². The number of nitrogens with zero attached hydrogens (tertiary/aromatic N) is 5. The molecule has 21 nitrogen and oxygen atoms in total. The number of allylic oxidation sites excluding steroid dienone is 2. The van der Waals surface area contributed by atoms with E-state index in [1.165, 1.54) is 69.9 Å². The molecule has 4 aromatic rings. The van der Waals surface area contributed by atoms with E-state index in [2.05, 4.69) is 22.2 Å². The number of ether oxygens (including phenoxy) is 4. The zero-order valence-corrected chi connectivity index (χ0v) is 51.2. The summed E-state index contributed by atoms with van der Waals surface area (Å²) >= 11 is 0. The maximum atomic E-state index is 16.3. The second-order valence-corrected chi connectivity index (χ2v) is 25.3. The summed E-state index contributed by atoms with van der Waals surface area (Å²) in [4.78, 5) is 71.4. The Morgan fingerprint density at radius 3 is 2.22 bits per heavy atom. The molecule has 2 saturated carbocycles. The average Bonchev–Trinajstić information content (AvgIpc) is 1.69. The number of methoxy groups -OCH3 is 1. The van der Waals surface area contributed by atoms with E-state index in [0.717, 1.165) is 43.9 Å². The second kappa shape index (κ2) is 23.9. The predicted octanol–water partition coefficient (Wildman–Crippen LogP) is 8.18. The van der Waals surface area contributed by atoms with Crippen LogP contribution in [0.15, 0.2) is 58.3 Å². The summed E-state index contributed by atoms with van der Waals surface area (Å²) in [5, 5.41) is 78.5. The van der Waals surface area contributed by atoms with E-state index in [0.29, 0.717) is 55.8 Å². The van der Waals surface area contributed by atoms with Crippen LogP contribution in [0.4, 0.5) is 15.8 Å². The van der Waals surface area contributed by atoms with E-state index >= 15 is 4.39 Å². The number of aliphatic hydroxyl groups excluding tert-OH is 2. The zero-order valence-electron chi connectivity index (χ0n) is 51.2. The molecule has 4 fully saturated rings. The van der Waals surface area contributed by atoms with Crippen molar-refractivity contribution in [1.82, 2.24) is 14.3 Å². The van der Waals surface area contributed by atoms with Gasteiger partial charge in [0.25, 0.3) is 17.2 Å². The smallest absolute Gasteiger partial charge is 0.341 e. The highest BCUT2D eigenvalue weighted by molar-refractivity contribution is 6.24. The number of anilines is 2. The van der Waals surface area contributed by atoms with Crippen LogP contribution in [0.25, 0.3) is 16.3 Å². The fraction of sp³-hybridized carbons (Fsp3) is 0.538. The van der Waals surface area contributed by atoms with Crippen molar-refractivity contribution >= 4 is 57.5 Å². The van der Waals surface area contributed by atoms with Gasteiger partial charge in [-0.2, -0.15) is 5.10 Å². The maximum Gasteiger partial charge on any atom is 0.341 e. The number of Topliss-reactive ketones (excluding diaryl/α,β-unsaturated/α-hetero) is 1. The second-order valence-electron chi connectivity index (χ2n) is 25.3. The minimum absolute atomic E-state index is 0.0215. The highest BCUT2D eigenvalue weighted by Crippen LogP contribution is 2.56. The fourth-order valence-corrected chi connectivity index (χ4v) is 14.2. The molecule has 2 aromatic carbocycles. The maximum absolute atomic E-state index is 16.3. The predicted molar refractivity (Wildman–Crippen MR) is 323 cm³/mol. The lowest BCUT2D eigenvalue weighted by Crippen LogP contribution is -2.50. The van der Waals surface area contributed by atoms with Crippen LogP contribution < -0.4 is 20.5 Å². The fourth-order valence-electron chi connectivity index (χ4n) is 14.2. The van der Waals surface area contributed by atoms with Crippen LogP contribution in [0.5, 0.6) is 23.0 Å². The average molecular weight is 1210 g/mol. The Labute approximate surface area is 504 Å². The molecular weight excluding hydrogens is 1120 g/mol. The quantitative estimate of drug-likeness (QED) is 0.0341. The first-order valence-corrected chi connectivity index (χ1v) is 30.1. The number of carboxylic acid groups (broad SMARTS) is 1. The summed E-state index contributed by atoms with van der Waals surface area (Å²) in [6, 6.07) is 1.62. The molecule has 7 heterocycles. The third kappa shape index (κ3) is 11.2. The Bertz CT molecular complexity index is 3640. The lowest BCUT2D eigenvalue weighted by atomic mass is 9.78. The Balaban J connectivity index is 0.932. The summed E-state index contributed by atoms with van der Waals surface area (Å²) in [6.07, 6.45) is 11.7. The number of piperidine rings is 1. The minimum Gasteiger partial charge on any atom is -0.507 e. The van der Waals surface area contributed by atoms with Gasteiger partial charge >= 0.3 is 17.7 Å². The molecule has 2 saturated heterocycles. The number of aromatic carboxylic acids is 1. The number of aryl methyl sites for hydroxylation is 1. The number of phenols is 3. The number of rotatable bonds is 10. The van der Waals surface area contributed by atoms with Crippen molar-refractivity contribution in [2.45, 2.75) is 155 Å². The molecular formula is C65H81FN6O15. The number of esters is 1. The third-order valence-electron chi connectivity index (χ3n) is 19.8. The highest BCUT2D eigenvalue weighted by atomic mass is 19.1. The largest absolute Gasteiger partial charge is 0.507 e. The van der Waals surface area contributed by atoms with Gasteiger partial charge in [-0.15, -0.1) is 0 Å². The van der Waals surface area contributed by atoms with Gasteiger partial charge in [-0.25, -0.2) is 9.18 Å². The van der Waals surface area contributed by atoms with Gasteiger partial charge in [0, 0.05) is 98.9 Å². The minimum atomic E-state index is -2.11. The van der Waals surface area contributed by atoms with Crippen molar-refractivity contribution in [2.75, 3.05) is 50.6 Å². The topological polar surface area (TPSA) is 282 Å². The van der Waals surface area contributed by atoms with Crippen LogP contribution in [0, 0.1) is 49.3 Å². The number of hydrazone groups is 1. The van der Waals surface area contributed by atoms with Gasteiger partial charge in [-0.1, -0.05) is 45.9 Å². The number of aromatic nitrogens is 1. The Kier molecular flexibility index (Phi) is 17.2. The van der Waals surface area contributed by atoms with Gasteiger partial charge in [0.05, 0.1) is 70.4 Å². The number of amides is 1. The Hall–Kier alpha value is -7.53. The number of ketones is 1. The van der Waals surface area contributed by atoms with E-state index in [1.807, 2.05) is 11.9 Å². The lowest BCUT2D eigenvalue weighted by molar-refractivity contribution is -0.160. The van der Waals surface area contributed by atoms with Gasteiger partial charge in [-0.05, 0) is 108 Å². The number of carbonyl (C=O) groups excluding carboxylic acids is 3. The van der Waals surface area contributed by atoms with Crippen LogP contribution in [0.2, 0.25) is 0 Å². The third-order valence-corrected chi connectivity index (χ3v) is 19.8. The van der Waals surface area contributed by atoms with E-state index in [-0.39, 0.29) is 73.5 Å². The molecule has 7 N–H and O–H groups in total. The number of carbonyl (C=O) groups is 4. The molecule has 22 heteroatoms. The number of nitrogens with one attached hydrogen (secondary N) is 1. The van der Waals surface area contributed by atoms with Crippen LogP contribution in [-0.2, 0) is 23.8 Å². The van der Waals surface area contributed by atoms with Gasteiger partial charge in [-0.3, -0.25) is 33.5 Å². The van der Waals surface area contributed by atoms with Crippen LogP contribution in [0.3, 0.4) is 0 Å². The monoisotopic (exact) mass is 1200 g/mol. The van der Waals surface area contributed by atoms with Crippen molar-refractivity contribution in [1.29, 1.82) is 0 Å². The first-order valence-electron chi connectivity index (χ1n) is 30.1. The Morgan fingerprint density at radius 1 is 0.897 bits per heavy atom. The summed E-state index contributed by atoms with van der Waals surface area (Å²) in [5.41, 5.74) is 0.593. The van der Waals surface area contributed by atoms with Crippen LogP contribution in [-0.4, -0.2) is 157 Å². The lowest BCUT2D eigenvalue weighted by Gasteiger charge is -2.42. The molecule has 87 heavy (non-hydrogen) atoms. The number of phenolic OH excluding ortho intramolecular Hbond substituents is 3. The molecule has 2 aromatic heterocycles. The molecule has 1 amide bonds. The van der Waals surface area contributed by atoms with Crippen molar-refractivity contribution in [2.24, 2.45) is 34.7 Å². The summed E-state index contributed by atoms with van der Waals surface area (Å²) in [6.45, 7) is 16.5. The summed E-state index contributed by atoms with van der Waals surface area (Å²) < 4.78 is 41.4. The molecule has 11 rings (SSSR count). The number of hydrogen-bond acceptors (Lipinski definition) is 18. The SMILES string of the molecule is CO[C@H]1/C=C\O[C@@]2(C)Oc3c(C)c(O)c4c(O)c(c(/C=N/N5CCC(N(C)C6([C@@H]7CCN(c8c(F)cn9c(=O)c(C(=O)O)cc(C%10CC%10)c9c8C)C7)CC6)CC5)c(O)c4c3C2=O)NC(=O)C(C)=CC=C[C@H](C)[C@H](O)[C@@H](C)[C@@H](O)[C@H](C)[C@H](OC(C)=O)[C@H]1C. The van der Waals surface area contributed by atoms with Crippen molar-refractivity contribution in [3.05, 3.63) is 98.0 Å². The van der Waals surface area contributed by atoms with Crippen LogP contribution in [0.1, 0.15) is 142 Å². The molecule has 5 aliphatic heterocycles. The number of aromatic hydroxyl groups is 3. The molecule has 0 spiro atoms. The van der Waals surface area contributed by atoms with Crippen molar-refractivity contribution in [3.8, 4) is 23.0 Å². The van der Waals surface area contributed by atoms with E-state index < -0.39 is 106 Å². The normalized spacial score (nSPS) is 28.6. The van der Waals surface area contributed by atoms with E-state index in [9.17, 15) is 54.6 Å². The zero-order chi connectivity index (χ0) is 63.0. The molecule has 2 aliphatic carbocycles. The van der Waals surface area contributed by atoms with E-state index in [4.69, 9.17) is 24.0 Å². The summed E-state index contributed by atoms with van der Waals surface area (Å²) in [5.74, 6) is -10.4. The first kappa shape index (κ1) is 62.5. The number of benzene rings is 2. The van der Waals surface area contributed by atoms with Crippen molar-refractivity contribution in [3.63, 3.8) is 0 Å². The van der Waals surface area contributed by atoms with Crippen LogP contribution >= 0.6 is 0 Å². The number of aliphatic hydroxyl groups is 2. The standard InChI is InChI=1S/C65H81FN6O15/c1-31-13-12-14-32(2)61(80)68-50-44(56(77)47-48(57(50)78)55(76)37(7)59-49(47)60(79)64(9,87-59)85-26-20-46(84-11)33(3)58(86-38(8)73)36(6)54(75)35(5)53(31)74)28-67-71-24-18-41(19-25-71)69(10)65(21-22-65)40-17-23-70(29-40)52-34(4)51-42(39-15-16-39)27-43(63(82)83)62(81)72(51)30-45(52)66/h12-14,20,26-28,30-31,33,35-36,39-41,46,53-54,58,74-78H,15-19,21-25,29H2,1-11H3,(H,68,80)(H,82,83)/b13-12?,26-20-,32-14?,67-28+/t31-,33-,35+,36-,40+,46-,53-,54+,58+,64-/m0/s1.